The van der Waals surface area contributed by atoms with Crippen LogP contribution >= 0.6 is 0 Å². The molecule has 4 nitrogen and oxygen atoms in total. The minimum absolute atomic E-state index is 0.110. The van der Waals surface area contributed by atoms with E-state index in [-0.39, 0.29) is 11.8 Å². The summed E-state index contributed by atoms with van der Waals surface area (Å²) in [5.74, 6) is -0.244. The van der Waals surface area contributed by atoms with Gasteiger partial charge in [0.1, 0.15) is 5.54 Å². The lowest BCUT2D eigenvalue weighted by Crippen LogP contribution is -2.63. The molecule has 0 saturated carbocycles. The Labute approximate surface area is 119 Å². The Bertz CT molecular complexity index is 544. The summed E-state index contributed by atoms with van der Waals surface area (Å²) in [6.45, 7) is 6.59. The molecule has 2 rings (SSSR count). The second-order valence-corrected chi connectivity index (χ2v) is 5.55. The number of carbonyl (C=O) groups excluding carboxylic acids is 2. The lowest BCUT2D eigenvalue weighted by atomic mass is 9.98. The van der Waals surface area contributed by atoms with Crippen LogP contribution in [-0.2, 0) is 9.59 Å². The molecule has 1 aliphatic rings. The normalized spacial score (nSPS) is 18.1. The number of hydrogen-bond donors (Lipinski definition) is 1. The molecule has 1 aliphatic heterocycles. The van der Waals surface area contributed by atoms with Crippen molar-refractivity contribution in [3.05, 3.63) is 41.5 Å². The van der Waals surface area contributed by atoms with Gasteiger partial charge in [0.05, 0.1) is 0 Å². The largest absolute Gasteiger partial charge is 0.352 e. The molecule has 0 atom stereocenters. The molecule has 20 heavy (non-hydrogen) atoms. The quantitative estimate of drug-likeness (QED) is 0.834. The first-order chi connectivity index (χ1) is 9.41. The Morgan fingerprint density at radius 3 is 2.60 bits per heavy atom. The van der Waals surface area contributed by atoms with E-state index in [1.165, 1.54) is 11.6 Å². The summed E-state index contributed by atoms with van der Waals surface area (Å²) < 4.78 is 0. The van der Waals surface area contributed by atoms with Gasteiger partial charge in [0.15, 0.2) is 0 Å². The molecule has 0 aromatic heterocycles. The Morgan fingerprint density at radius 1 is 1.30 bits per heavy atom. The molecule has 0 aliphatic carbocycles. The van der Waals surface area contributed by atoms with E-state index in [0.29, 0.717) is 13.1 Å². The highest BCUT2D eigenvalue weighted by Gasteiger charge is 2.39. The highest BCUT2D eigenvalue weighted by atomic mass is 16.2. The van der Waals surface area contributed by atoms with E-state index in [1.54, 1.807) is 24.8 Å². The number of nitrogens with zero attached hydrogens (tertiary/aromatic N) is 1. The van der Waals surface area contributed by atoms with Crippen LogP contribution in [0, 0.1) is 6.92 Å². The van der Waals surface area contributed by atoms with Gasteiger partial charge in [0.2, 0.25) is 11.8 Å². The van der Waals surface area contributed by atoms with Crippen molar-refractivity contribution in [3.8, 4) is 0 Å². The fourth-order valence-electron chi connectivity index (χ4n) is 2.22. The molecule has 1 heterocycles. The Balaban J connectivity index is 2.11. The minimum Gasteiger partial charge on any atom is -0.352 e. The summed E-state index contributed by atoms with van der Waals surface area (Å²) in [5, 5.41) is 2.78. The van der Waals surface area contributed by atoms with Crippen LogP contribution in [0.2, 0.25) is 0 Å². The van der Waals surface area contributed by atoms with E-state index in [0.717, 1.165) is 5.56 Å². The first kappa shape index (κ1) is 14.3. The smallest absolute Gasteiger partial charge is 0.247 e. The first-order valence-electron chi connectivity index (χ1n) is 6.76. The van der Waals surface area contributed by atoms with Crippen LogP contribution in [0.3, 0.4) is 0 Å². The number of aryl methyl sites for hydroxylation is 1. The lowest BCUT2D eigenvalue weighted by Gasteiger charge is -2.40. The van der Waals surface area contributed by atoms with Crippen molar-refractivity contribution in [1.29, 1.82) is 0 Å². The van der Waals surface area contributed by atoms with Gasteiger partial charge in [-0.3, -0.25) is 9.59 Å². The minimum atomic E-state index is -0.799. The summed E-state index contributed by atoms with van der Waals surface area (Å²) >= 11 is 0. The molecule has 2 amide bonds. The lowest BCUT2D eigenvalue weighted by molar-refractivity contribution is -0.146. The standard InChI is InChI=1S/C16H20N2O2/c1-12-4-6-13(7-5-12)8-9-14(19)18-11-10-17-15(20)16(18,2)3/h4-9H,10-11H2,1-3H3,(H,17,20). The average Bonchev–Trinajstić information content (AvgIpc) is 2.41. The summed E-state index contributed by atoms with van der Waals surface area (Å²) in [7, 11) is 0. The number of hydrogen-bond acceptors (Lipinski definition) is 2. The monoisotopic (exact) mass is 272 g/mol. The van der Waals surface area contributed by atoms with Gasteiger partial charge in [-0.25, -0.2) is 0 Å². The Morgan fingerprint density at radius 2 is 1.95 bits per heavy atom. The van der Waals surface area contributed by atoms with Crippen molar-refractivity contribution >= 4 is 17.9 Å². The van der Waals surface area contributed by atoms with Gasteiger partial charge < -0.3 is 10.2 Å². The molecule has 0 radical (unpaired) electrons. The highest BCUT2D eigenvalue weighted by molar-refractivity contribution is 5.97. The van der Waals surface area contributed by atoms with Crippen molar-refractivity contribution < 1.29 is 9.59 Å². The summed E-state index contributed by atoms with van der Waals surface area (Å²) in [6, 6.07) is 7.94. The summed E-state index contributed by atoms with van der Waals surface area (Å²) in [5.41, 5.74) is 1.36. The number of rotatable bonds is 2. The Hall–Kier alpha value is -2.10. The second kappa shape index (κ2) is 5.49. The second-order valence-electron chi connectivity index (χ2n) is 5.55. The van der Waals surface area contributed by atoms with E-state index in [4.69, 9.17) is 0 Å². The van der Waals surface area contributed by atoms with Crippen LogP contribution in [0.4, 0.5) is 0 Å². The SMILES string of the molecule is Cc1ccc(C=CC(=O)N2CCNC(=O)C2(C)C)cc1. The third-order valence-electron chi connectivity index (χ3n) is 3.61. The number of piperazine rings is 1. The van der Waals surface area contributed by atoms with Crippen LogP contribution in [0.1, 0.15) is 25.0 Å². The zero-order valence-corrected chi connectivity index (χ0v) is 12.1. The van der Waals surface area contributed by atoms with Crippen molar-refractivity contribution in [2.75, 3.05) is 13.1 Å². The third kappa shape index (κ3) is 2.90. The van der Waals surface area contributed by atoms with E-state index >= 15 is 0 Å². The molecule has 0 unspecified atom stereocenters. The molecule has 106 valence electrons. The van der Waals surface area contributed by atoms with Gasteiger partial charge in [0, 0.05) is 19.2 Å². The molecule has 1 N–H and O–H groups in total. The molecular formula is C16H20N2O2. The maximum atomic E-state index is 12.3. The van der Waals surface area contributed by atoms with E-state index in [1.807, 2.05) is 31.2 Å². The molecule has 0 spiro atoms. The first-order valence-corrected chi connectivity index (χ1v) is 6.76. The number of carbonyl (C=O) groups is 2. The topological polar surface area (TPSA) is 49.4 Å². The van der Waals surface area contributed by atoms with Gasteiger partial charge in [-0.1, -0.05) is 29.8 Å². The predicted molar refractivity (Wildman–Crippen MR) is 79.0 cm³/mol. The summed E-state index contributed by atoms with van der Waals surface area (Å²) in [4.78, 5) is 25.7. The zero-order valence-electron chi connectivity index (χ0n) is 12.1. The fourth-order valence-corrected chi connectivity index (χ4v) is 2.22. The summed E-state index contributed by atoms with van der Waals surface area (Å²) in [6.07, 6.45) is 3.31. The van der Waals surface area contributed by atoms with Crippen LogP contribution in [0.25, 0.3) is 6.08 Å². The van der Waals surface area contributed by atoms with Crippen molar-refractivity contribution in [2.24, 2.45) is 0 Å². The van der Waals surface area contributed by atoms with Crippen LogP contribution < -0.4 is 5.32 Å². The Kier molecular flexibility index (Phi) is 3.93. The molecular weight excluding hydrogens is 252 g/mol. The number of amides is 2. The van der Waals surface area contributed by atoms with Crippen molar-refractivity contribution in [3.63, 3.8) is 0 Å². The van der Waals surface area contributed by atoms with E-state index in [9.17, 15) is 9.59 Å². The maximum absolute atomic E-state index is 12.3. The zero-order chi connectivity index (χ0) is 14.8. The molecule has 1 saturated heterocycles. The van der Waals surface area contributed by atoms with Gasteiger partial charge in [-0.15, -0.1) is 0 Å². The van der Waals surface area contributed by atoms with Crippen molar-refractivity contribution in [2.45, 2.75) is 26.3 Å². The molecule has 4 heteroatoms. The van der Waals surface area contributed by atoms with Crippen LogP contribution in [-0.4, -0.2) is 35.3 Å². The van der Waals surface area contributed by atoms with Crippen molar-refractivity contribution in [1.82, 2.24) is 10.2 Å². The van der Waals surface area contributed by atoms with Gasteiger partial charge in [-0.05, 0) is 32.4 Å². The van der Waals surface area contributed by atoms with Crippen LogP contribution in [0.5, 0.6) is 0 Å². The number of benzene rings is 1. The molecule has 0 bridgehead atoms. The fraction of sp³-hybridized carbons (Fsp3) is 0.375. The molecule has 1 aromatic carbocycles. The van der Waals surface area contributed by atoms with Gasteiger partial charge >= 0.3 is 0 Å². The molecule has 1 aromatic rings. The highest BCUT2D eigenvalue weighted by Crippen LogP contribution is 2.18. The van der Waals surface area contributed by atoms with Gasteiger partial charge in [-0.2, -0.15) is 0 Å². The average molecular weight is 272 g/mol. The van der Waals surface area contributed by atoms with E-state index < -0.39 is 5.54 Å². The predicted octanol–water partition coefficient (Wildman–Crippen LogP) is 1.75. The number of nitrogens with one attached hydrogen (secondary N) is 1. The third-order valence-corrected chi connectivity index (χ3v) is 3.61. The maximum Gasteiger partial charge on any atom is 0.247 e. The molecule has 1 fully saturated rings. The van der Waals surface area contributed by atoms with Gasteiger partial charge in [0.25, 0.3) is 0 Å². The van der Waals surface area contributed by atoms with Crippen LogP contribution in [0.15, 0.2) is 30.3 Å². The van der Waals surface area contributed by atoms with E-state index in [2.05, 4.69) is 5.32 Å².